The van der Waals surface area contributed by atoms with Crippen molar-refractivity contribution in [1.29, 1.82) is 0 Å². The zero-order valence-corrected chi connectivity index (χ0v) is 18.6. The minimum Gasteiger partial charge on any atom is -0.345 e. The standard InChI is InChI=1S/C20H35N3O4S/c1-16(2)13-22-14-19(20(15-22)8-9-21(3)18(20)25)6-10-23(11-7-19)17(24)5-12-28(4,26)27/h16H,5-15H2,1-4H3. The number of nitrogens with zero attached hydrogens (tertiary/aromatic N) is 3. The molecule has 3 aliphatic heterocycles. The number of sulfone groups is 1. The summed E-state index contributed by atoms with van der Waals surface area (Å²) in [5, 5.41) is 0. The van der Waals surface area contributed by atoms with Gasteiger partial charge in [0, 0.05) is 64.4 Å². The van der Waals surface area contributed by atoms with Crippen LogP contribution in [0.15, 0.2) is 0 Å². The third-order valence-corrected chi connectivity index (χ3v) is 7.99. The second-order valence-corrected chi connectivity index (χ2v) is 11.9. The molecule has 3 heterocycles. The van der Waals surface area contributed by atoms with Gasteiger partial charge in [0.15, 0.2) is 0 Å². The first-order chi connectivity index (χ1) is 13.0. The van der Waals surface area contributed by atoms with Crippen LogP contribution in [-0.4, -0.2) is 93.3 Å². The molecule has 0 N–H and O–H groups in total. The lowest BCUT2D eigenvalue weighted by Gasteiger charge is -2.47. The van der Waals surface area contributed by atoms with Gasteiger partial charge in [-0.25, -0.2) is 8.42 Å². The summed E-state index contributed by atoms with van der Waals surface area (Å²) in [4.78, 5) is 31.8. The third kappa shape index (κ3) is 3.95. The van der Waals surface area contributed by atoms with Crippen LogP contribution < -0.4 is 0 Å². The lowest BCUT2D eigenvalue weighted by atomic mass is 9.60. The molecule has 0 aromatic rings. The summed E-state index contributed by atoms with van der Waals surface area (Å²) in [7, 11) is -1.23. The lowest BCUT2D eigenvalue weighted by Crippen LogP contribution is -2.53. The van der Waals surface area contributed by atoms with Crippen LogP contribution in [0.25, 0.3) is 0 Å². The number of rotatable bonds is 5. The summed E-state index contributed by atoms with van der Waals surface area (Å²) < 4.78 is 22.7. The summed E-state index contributed by atoms with van der Waals surface area (Å²) in [6.07, 6.45) is 3.77. The molecule has 28 heavy (non-hydrogen) atoms. The molecule has 0 bridgehead atoms. The third-order valence-electron chi connectivity index (χ3n) is 7.05. The SMILES string of the molecule is CC(C)CN1CC2(CCN(C(=O)CCS(C)(=O)=O)CC2)C2(CCN(C)C2=O)C1. The van der Waals surface area contributed by atoms with Gasteiger partial charge in [-0.2, -0.15) is 0 Å². The number of carbonyl (C=O) groups excluding carboxylic acids is 2. The van der Waals surface area contributed by atoms with Crippen LogP contribution in [0.1, 0.15) is 39.5 Å². The summed E-state index contributed by atoms with van der Waals surface area (Å²) in [6, 6.07) is 0. The zero-order valence-electron chi connectivity index (χ0n) is 17.7. The molecule has 3 aliphatic rings. The largest absolute Gasteiger partial charge is 0.345 e. The maximum absolute atomic E-state index is 13.2. The van der Waals surface area contributed by atoms with Crippen molar-refractivity contribution in [2.24, 2.45) is 16.7 Å². The van der Waals surface area contributed by atoms with Gasteiger partial charge in [0.1, 0.15) is 9.84 Å². The van der Waals surface area contributed by atoms with Gasteiger partial charge in [-0.05, 0) is 25.2 Å². The lowest BCUT2D eigenvalue weighted by molar-refractivity contribution is -0.143. The van der Waals surface area contributed by atoms with E-state index >= 15 is 0 Å². The van der Waals surface area contributed by atoms with E-state index in [2.05, 4.69) is 18.7 Å². The molecular weight excluding hydrogens is 378 g/mol. The quantitative estimate of drug-likeness (QED) is 0.668. The highest BCUT2D eigenvalue weighted by atomic mass is 32.2. The van der Waals surface area contributed by atoms with E-state index in [1.165, 1.54) is 6.26 Å². The molecular formula is C20H35N3O4S. The molecule has 1 unspecified atom stereocenters. The number of likely N-dealkylation sites (tertiary alicyclic amines) is 3. The van der Waals surface area contributed by atoms with Crippen molar-refractivity contribution in [3.63, 3.8) is 0 Å². The molecule has 3 rings (SSSR count). The van der Waals surface area contributed by atoms with E-state index in [4.69, 9.17) is 0 Å². The Kier molecular flexibility index (Phi) is 5.85. The van der Waals surface area contributed by atoms with Crippen LogP contribution in [0.4, 0.5) is 0 Å². The molecule has 1 atom stereocenters. The van der Waals surface area contributed by atoms with Crippen molar-refractivity contribution in [2.45, 2.75) is 39.5 Å². The van der Waals surface area contributed by atoms with E-state index in [1.54, 1.807) is 4.90 Å². The molecule has 160 valence electrons. The highest BCUT2D eigenvalue weighted by Gasteiger charge is 2.64. The summed E-state index contributed by atoms with van der Waals surface area (Å²) in [5.74, 6) is 0.652. The first-order valence-corrected chi connectivity index (χ1v) is 12.5. The molecule has 0 saturated carbocycles. The molecule has 7 nitrogen and oxygen atoms in total. The van der Waals surface area contributed by atoms with Gasteiger partial charge in [-0.15, -0.1) is 0 Å². The number of hydrogen-bond acceptors (Lipinski definition) is 5. The Morgan fingerprint density at radius 3 is 2.25 bits per heavy atom. The van der Waals surface area contributed by atoms with Gasteiger partial charge in [0.2, 0.25) is 11.8 Å². The topological polar surface area (TPSA) is 78.0 Å². The summed E-state index contributed by atoms with van der Waals surface area (Å²) in [5.41, 5.74) is -0.393. The van der Waals surface area contributed by atoms with Crippen molar-refractivity contribution in [3.8, 4) is 0 Å². The van der Waals surface area contributed by atoms with Crippen molar-refractivity contribution in [1.82, 2.24) is 14.7 Å². The van der Waals surface area contributed by atoms with E-state index in [0.29, 0.717) is 19.0 Å². The van der Waals surface area contributed by atoms with Crippen molar-refractivity contribution >= 4 is 21.7 Å². The Bertz CT molecular complexity index is 728. The highest BCUT2D eigenvalue weighted by molar-refractivity contribution is 7.90. The molecule has 0 aromatic carbocycles. The van der Waals surface area contributed by atoms with E-state index in [-0.39, 0.29) is 34.8 Å². The number of fused-ring (bicyclic) bond motifs is 1. The van der Waals surface area contributed by atoms with Gasteiger partial charge < -0.3 is 14.7 Å². The minimum atomic E-state index is -3.13. The predicted octanol–water partition coefficient (Wildman–Crippen LogP) is 0.850. The normalized spacial score (nSPS) is 28.2. The Morgan fingerprint density at radius 2 is 1.75 bits per heavy atom. The molecule has 2 spiro atoms. The van der Waals surface area contributed by atoms with Crippen LogP contribution in [-0.2, 0) is 19.4 Å². The maximum Gasteiger partial charge on any atom is 0.230 e. The van der Waals surface area contributed by atoms with Crippen LogP contribution in [0.5, 0.6) is 0 Å². The van der Waals surface area contributed by atoms with E-state index in [0.717, 1.165) is 45.4 Å². The van der Waals surface area contributed by atoms with Crippen LogP contribution >= 0.6 is 0 Å². The zero-order chi connectivity index (χ0) is 20.7. The van der Waals surface area contributed by atoms with Crippen molar-refractivity contribution in [3.05, 3.63) is 0 Å². The van der Waals surface area contributed by atoms with Gasteiger partial charge in [-0.3, -0.25) is 9.59 Å². The van der Waals surface area contributed by atoms with Gasteiger partial charge >= 0.3 is 0 Å². The Balaban J connectivity index is 1.73. The molecule has 3 saturated heterocycles. The second-order valence-electron chi connectivity index (χ2n) is 9.66. The minimum absolute atomic E-state index is 0.0537. The van der Waals surface area contributed by atoms with E-state index in [1.807, 2.05) is 11.9 Å². The number of carbonyl (C=O) groups is 2. The smallest absolute Gasteiger partial charge is 0.230 e. The Morgan fingerprint density at radius 1 is 1.11 bits per heavy atom. The second kappa shape index (κ2) is 7.59. The number of amides is 2. The maximum atomic E-state index is 13.2. The van der Waals surface area contributed by atoms with Gasteiger partial charge in [0.05, 0.1) is 11.2 Å². The van der Waals surface area contributed by atoms with E-state index in [9.17, 15) is 18.0 Å². The molecule has 8 heteroatoms. The molecule has 0 aromatic heterocycles. The monoisotopic (exact) mass is 413 g/mol. The number of piperidine rings is 1. The van der Waals surface area contributed by atoms with Crippen molar-refractivity contribution < 1.29 is 18.0 Å². The fraction of sp³-hybridized carbons (Fsp3) is 0.900. The van der Waals surface area contributed by atoms with Crippen LogP contribution in [0.2, 0.25) is 0 Å². The van der Waals surface area contributed by atoms with Gasteiger partial charge in [-0.1, -0.05) is 13.8 Å². The highest BCUT2D eigenvalue weighted by Crippen LogP contribution is 2.57. The Labute approximate surface area is 169 Å². The predicted molar refractivity (Wildman–Crippen MR) is 109 cm³/mol. The first kappa shape index (κ1) is 21.6. The van der Waals surface area contributed by atoms with E-state index < -0.39 is 9.84 Å². The average Bonchev–Trinajstić information content (AvgIpc) is 3.05. The molecule has 2 amide bonds. The molecule has 0 radical (unpaired) electrons. The Hall–Kier alpha value is -1.15. The van der Waals surface area contributed by atoms with Crippen LogP contribution in [0.3, 0.4) is 0 Å². The number of hydrogen-bond donors (Lipinski definition) is 0. The van der Waals surface area contributed by atoms with Crippen molar-refractivity contribution in [2.75, 3.05) is 58.3 Å². The summed E-state index contributed by atoms with van der Waals surface area (Å²) >= 11 is 0. The first-order valence-electron chi connectivity index (χ1n) is 10.4. The van der Waals surface area contributed by atoms with Crippen LogP contribution in [0, 0.1) is 16.7 Å². The average molecular weight is 414 g/mol. The summed E-state index contributed by atoms with van der Waals surface area (Å²) in [6.45, 7) is 9.23. The molecule has 0 aliphatic carbocycles. The fourth-order valence-electron chi connectivity index (χ4n) is 5.65. The molecule has 3 fully saturated rings. The fourth-order valence-corrected chi connectivity index (χ4v) is 6.20. The van der Waals surface area contributed by atoms with Gasteiger partial charge in [0.25, 0.3) is 0 Å².